The highest BCUT2D eigenvalue weighted by atomic mass is 16.2. The predicted octanol–water partition coefficient (Wildman–Crippen LogP) is 0.549. The van der Waals surface area contributed by atoms with E-state index in [4.69, 9.17) is 5.26 Å². The van der Waals surface area contributed by atoms with Crippen LogP contribution in [0.25, 0.3) is 0 Å². The Balaban J connectivity index is 1.89. The number of likely N-dealkylation sites (N-methyl/N-ethyl adjacent to an activating group) is 1. The van der Waals surface area contributed by atoms with Crippen LogP contribution >= 0.6 is 0 Å². The van der Waals surface area contributed by atoms with Gasteiger partial charge in [0.2, 0.25) is 11.8 Å². The molecule has 0 saturated carbocycles. The van der Waals surface area contributed by atoms with Crippen molar-refractivity contribution < 1.29 is 9.59 Å². The smallest absolute Gasteiger partial charge is 0.246 e. The number of benzene rings is 1. The van der Waals surface area contributed by atoms with Crippen LogP contribution in [0.1, 0.15) is 12.5 Å². The van der Waals surface area contributed by atoms with Gasteiger partial charge >= 0.3 is 0 Å². The van der Waals surface area contributed by atoms with E-state index in [2.05, 4.69) is 5.32 Å². The molecule has 1 unspecified atom stereocenters. The Kier molecular flexibility index (Phi) is 5.77. The van der Waals surface area contributed by atoms with Crippen LogP contribution in [0.2, 0.25) is 0 Å². The van der Waals surface area contributed by atoms with Gasteiger partial charge in [-0.05, 0) is 45.3 Å². The molecule has 1 aromatic carbocycles. The Bertz CT molecular complexity index is 635. The number of anilines is 1. The zero-order valence-electron chi connectivity index (χ0n) is 14.3. The lowest BCUT2D eigenvalue weighted by atomic mass is 10.2. The zero-order chi connectivity index (χ0) is 17.7. The quantitative estimate of drug-likeness (QED) is 0.824. The van der Waals surface area contributed by atoms with Crippen LogP contribution in [-0.2, 0) is 9.59 Å². The molecule has 0 radical (unpaired) electrons. The van der Waals surface area contributed by atoms with Gasteiger partial charge in [0.05, 0.1) is 24.8 Å². The second-order valence-electron chi connectivity index (χ2n) is 6.13. The van der Waals surface area contributed by atoms with E-state index in [-0.39, 0.29) is 18.4 Å². The molecule has 2 rings (SSSR count). The van der Waals surface area contributed by atoms with Crippen molar-refractivity contribution in [3.05, 3.63) is 29.8 Å². The molecule has 128 valence electrons. The molecule has 1 aliphatic heterocycles. The predicted molar refractivity (Wildman–Crippen MR) is 91.1 cm³/mol. The average Bonchev–Trinajstić information content (AvgIpc) is 2.86. The Hall–Kier alpha value is -2.59. The molecule has 1 saturated heterocycles. The van der Waals surface area contributed by atoms with Gasteiger partial charge < -0.3 is 20.0 Å². The fourth-order valence-electron chi connectivity index (χ4n) is 2.51. The summed E-state index contributed by atoms with van der Waals surface area (Å²) in [6.45, 7) is 3.59. The van der Waals surface area contributed by atoms with Gasteiger partial charge in [0, 0.05) is 18.8 Å². The van der Waals surface area contributed by atoms with Gasteiger partial charge in [0.1, 0.15) is 6.04 Å². The highest BCUT2D eigenvalue weighted by Gasteiger charge is 2.37. The molecule has 1 fully saturated rings. The van der Waals surface area contributed by atoms with E-state index in [9.17, 15) is 9.59 Å². The van der Waals surface area contributed by atoms with Crippen molar-refractivity contribution in [3.63, 3.8) is 0 Å². The number of amides is 2. The van der Waals surface area contributed by atoms with Gasteiger partial charge in [-0.3, -0.25) is 9.59 Å². The molecule has 0 bridgehead atoms. The van der Waals surface area contributed by atoms with Crippen LogP contribution in [0.15, 0.2) is 24.3 Å². The Morgan fingerprint density at radius 2 is 2.04 bits per heavy atom. The molecule has 7 nitrogen and oxygen atoms in total. The summed E-state index contributed by atoms with van der Waals surface area (Å²) in [5.74, 6) is -0.129. The highest BCUT2D eigenvalue weighted by Crippen LogP contribution is 2.15. The third-order valence-corrected chi connectivity index (χ3v) is 4.05. The summed E-state index contributed by atoms with van der Waals surface area (Å²) < 4.78 is 0. The molecule has 0 aliphatic carbocycles. The van der Waals surface area contributed by atoms with Crippen LogP contribution in [0.3, 0.4) is 0 Å². The molecule has 1 N–H and O–H groups in total. The fourth-order valence-corrected chi connectivity index (χ4v) is 2.51. The summed E-state index contributed by atoms with van der Waals surface area (Å²) in [5.41, 5.74) is 1.34. The van der Waals surface area contributed by atoms with E-state index in [1.807, 2.05) is 25.1 Å². The first kappa shape index (κ1) is 17.8. The van der Waals surface area contributed by atoms with Gasteiger partial charge in [-0.2, -0.15) is 5.26 Å². The molecule has 7 heteroatoms. The van der Waals surface area contributed by atoms with Crippen LogP contribution in [0.4, 0.5) is 5.69 Å². The molecular formula is C17H23N5O2. The molecule has 1 aromatic rings. The summed E-state index contributed by atoms with van der Waals surface area (Å²) in [4.78, 5) is 30.0. The molecule has 0 aromatic heterocycles. The maximum Gasteiger partial charge on any atom is 0.246 e. The van der Waals surface area contributed by atoms with E-state index >= 15 is 0 Å². The van der Waals surface area contributed by atoms with Crippen molar-refractivity contribution in [2.24, 2.45) is 0 Å². The standard InChI is InChI=1S/C17H23N5O2/c1-13-17(24)21(9-8-20(2)3)12-22(13)16(23)11-19-15-6-4-14(10-18)5-7-15/h4-7,13,19H,8-9,11-12H2,1-3H3. The number of carbonyl (C=O) groups excluding carboxylic acids is 2. The highest BCUT2D eigenvalue weighted by molar-refractivity contribution is 5.91. The number of nitrogens with one attached hydrogen (secondary N) is 1. The minimum Gasteiger partial charge on any atom is -0.376 e. The monoisotopic (exact) mass is 329 g/mol. The number of rotatable bonds is 6. The summed E-state index contributed by atoms with van der Waals surface area (Å²) in [7, 11) is 3.91. The lowest BCUT2D eigenvalue weighted by Gasteiger charge is -2.21. The largest absolute Gasteiger partial charge is 0.376 e. The van der Waals surface area contributed by atoms with Gasteiger partial charge in [-0.25, -0.2) is 0 Å². The maximum atomic E-state index is 12.4. The fraction of sp³-hybridized carbons (Fsp3) is 0.471. The number of carbonyl (C=O) groups is 2. The van der Waals surface area contributed by atoms with Gasteiger partial charge in [0.25, 0.3) is 0 Å². The minimum absolute atomic E-state index is 0.0106. The number of hydrogen-bond donors (Lipinski definition) is 1. The van der Waals surface area contributed by atoms with Crippen molar-refractivity contribution in [2.45, 2.75) is 13.0 Å². The molecule has 1 atom stereocenters. The van der Waals surface area contributed by atoms with E-state index < -0.39 is 6.04 Å². The zero-order valence-corrected chi connectivity index (χ0v) is 14.3. The van der Waals surface area contributed by atoms with E-state index in [0.717, 1.165) is 12.2 Å². The lowest BCUT2D eigenvalue weighted by Crippen LogP contribution is -2.39. The second kappa shape index (κ2) is 7.79. The Morgan fingerprint density at radius 3 is 2.62 bits per heavy atom. The first-order chi connectivity index (χ1) is 11.4. The van der Waals surface area contributed by atoms with Crippen molar-refractivity contribution in [1.82, 2.24) is 14.7 Å². The van der Waals surface area contributed by atoms with Crippen molar-refractivity contribution in [1.29, 1.82) is 5.26 Å². The third kappa shape index (κ3) is 4.24. The average molecular weight is 329 g/mol. The van der Waals surface area contributed by atoms with Gasteiger partial charge in [-0.1, -0.05) is 0 Å². The third-order valence-electron chi connectivity index (χ3n) is 4.05. The first-order valence-electron chi connectivity index (χ1n) is 7.89. The Morgan fingerprint density at radius 1 is 1.38 bits per heavy atom. The van der Waals surface area contributed by atoms with Crippen molar-refractivity contribution >= 4 is 17.5 Å². The number of nitrogens with zero attached hydrogens (tertiary/aromatic N) is 4. The first-order valence-corrected chi connectivity index (χ1v) is 7.89. The van der Waals surface area contributed by atoms with Crippen LogP contribution < -0.4 is 5.32 Å². The minimum atomic E-state index is -0.428. The van der Waals surface area contributed by atoms with Crippen LogP contribution in [0.5, 0.6) is 0 Å². The van der Waals surface area contributed by atoms with Crippen molar-refractivity contribution in [3.8, 4) is 6.07 Å². The lowest BCUT2D eigenvalue weighted by molar-refractivity contribution is -0.133. The van der Waals surface area contributed by atoms with Gasteiger partial charge in [0.15, 0.2) is 0 Å². The Labute approximate surface area is 142 Å². The number of hydrogen-bond acceptors (Lipinski definition) is 5. The van der Waals surface area contributed by atoms with E-state index in [1.165, 1.54) is 0 Å². The van der Waals surface area contributed by atoms with Crippen LogP contribution in [0, 0.1) is 11.3 Å². The summed E-state index contributed by atoms with van der Waals surface area (Å²) in [5, 5.41) is 11.8. The van der Waals surface area contributed by atoms with Crippen LogP contribution in [-0.4, -0.2) is 73.0 Å². The number of nitriles is 1. The molecule has 0 spiro atoms. The second-order valence-corrected chi connectivity index (χ2v) is 6.13. The topological polar surface area (TPSA) is 79.7 Å². The summed E-state index contributed by atoms with van der Waals surface area (Å²) in [6, 6.07) is 8.52. The molecule has 1 heterocycles. The molecule has 24 heavy (non-hydrogen) atoms. The SMILES string of the molecule is CC1C(=O)N(CCN(C)C)CN1C(=O)CNc1ccc(C#N)cc1. The van der Waals surface area contributed by atoms with Crippen molar-refractivity contribution in [2.75, 3.05) is 45.7 Å². The molecular weight excluding hydrogens is 306 g/mol. The summed E-state index contributed by atoms with van der Waals surface area (Å²) in [6.07, 6.45) is 0. The van der Waals surface area contributed by atoms with E-state index in [0.29, 0.717) is 18.8 Å². The maximum absolute atomic E-state index is 12.4. The normalized spacial score (nSPS) is 17.3. The van der Waals surface area contributed by atoms with E-state index in [1.54, 1.807) is 41.0 Å². The molecule has 2 amide bonds. The van der Waals surface area contributed by atoms with Gasteiger partial charge in [-0.15, -0.1) is 0 Å². The molecule has 1 aliphatic rings. The summed E-state index contributed by atoms with van der Waals surface area (Å²) >= 11 is 0.